The maximum absolute atomic E-state index is 10.5. The molecule has 3 N–H and O–H groups in total. The number of hydrogen-bond donors (Lipinski definition) is 2. The van der Waals surface area contributed by atoms with Gasteiger partial charge < -0.3 is 25.3 Å². The lowest BCUT2D eigenvalue weighted by molar-refractivity contribution is 0.244. The molecule has 2 amide bonds. The minimum absolute atomic E-state index is 0.334. The molecule has 100 valence electrons. The third-order valence-corrected chi connectivity index (χ3v) is 2.10. The zero-order valence-corrected chi connectivity index (χ0v) is 10.6. The number of carbonyl (C=O) groups excluding carboxylic acids is 1. The van der Waals surface area contributed by atoms with Gasteiger partial charge in [-0.3, -0.25) is 0 Å². The first-order chi connectivity index (χ1) is 8.67. The van der Waals surface area contributed by atoms with Crippen LogP contribution in [0, 0.1) is 0 Å². The van der Waals surface area contributed by atoms with Crippen LogP contribution >= 0.6 is 0 Å². The number of carbonyl (C=O) groups is 1. The fraction of sp³-hybridized carbons (Fsp3) is 0.417. The second kappa shape index (κ2) is 7.26. The van der Waals surface area contributed by atoms with Gasteiger partial charge in [-0.15, -0.1) is 0 Å². The molecule has 0 saturated heterocycles. The number of benzene rings is 1. The highest BCUT2D eigenvalue weighted by Crippen LogP contribution is 2.31. The van der Waals surface area contributed by atoms with Crippen molar-refractivity contribution in [2.75, 3.05) is 26.9 Å². The van der Waals surface area contributed by atoms with Crippen molar-refractivity contribution in [3.05, 3.63) is 18.2 Å². The largest absolute Gasteiger partial charge is 0.493 e. The fourth-order valence-electron chi connectivity index (χ4n) is 1.36. The first-order valence-electron chi connectivity index (χ1n) is 5.64. The quantitative estimate of drug-likeness (QED) is 0.715. The minimum atomic E-state index is -0.566. The third-order valence-electron chi connectivity index (χ3n) is 2.10. The summed E-state index contributed by atoms with van der Waals surface area (Å²) in [6.45, 7) is 3.12. The Labute approximate surface area is 106 Å². The summed E-state index contributed by atoms with van der Waals surface area (Å²) in [4.78, 5) is 10.5. The number of nitrogens with two attached hydrogens (primary N) is 1. The molecule has 0 aromatic heterocycles. The van der Waals surface area contributed by atoms with Crippen molar-refractivity contribution in [3.8, 4) is 17.2 Å². The van der Waals surface area contributed by atoms with Gasteiger partial charge in [0.15, 0.2) is 11.5 Å². The van der Waals surface area contributed by atoms with Crippen LogP contribution < -0.4 is 25.3 Å². The van der Waals surface area contributed by atoms with E-state index in [1.807, 2.05) is 6.92 Å². The molecule has 0 aliphatic carbocycles. The van der Waals surface area contributed by atoms with Gasteiger partial charge in [0.2, 0.25) is 0 Å². The Morgan fingerprint density at radius 2 is 2.11 bits per heavy atom. The third kappa shape index (κ3) is 4.40. The Hall–Kier alpha value is -2.11. The number of urea groups is 1. The zero-order chi connectivity index (χ0) is 13.4. The number of primary amides is 1. The summed E-state index contributed by atoms with van der Waals surface area (Å²) in [5.41, 5.74) is 4.93. The summed E-state index contributed by atoms with van der Waals surface area (Å²) in [6, 6.07) is 4.71. The molecular weight excluding hydrogens is 236 g/mol. The Morgan fingerprint density at radius 1 is 1.33 bits per heavy atom. The van der Waals surface area contributed by atoms with Crippen molar-refractivity contribution in [1.82, 2.24) is 5.32 Å². The monoisotopic (exact) mass is 254 g/mol. The molecule has 0 radical (unpaired) electrons. The molecular formula is C12H18N2O4. The van der Waals surface area contributed by atoms with Crippen molar-refractivity contribution >= 4 is 6.03 Å². The number of amides is 2. The molecule has 0 fully saturated rings. The van der Waals surface area contributed by atoms with Crippen LogP contribution in [0.3, 0.4) is 0 Å². The smallest absolute Gasteiger partial charge is 0.312 e. The minimum Gasteiger partial charge on any atom is -0.493 e. The highest BCUT2D eigenvalue weighted by molar-refractivity contribution is 5.71. The molecule has 0 unspecified atom stereocenters. The van der Waals surface area contributed by atoms with Crippen molar-refractivity contribution in [1.29, 1.82) is 0 Å². The van der Waals surface area contributed by atoms with Crippen molar-refractivity contribution in [2.45, 2.75) is 6.92 Å². The topological polar surface area (TPSA) is 82.8 Å². The molecule has 1 aromatic rings. The van der Waals surface area contributed by atoms with Crippen LogP contribution in [0.1, 0.15) is 6.92 Å². The zero-order valence-electron chi connectivity index (χ0n) is 10.6. The normalized spacial score (nSPS) is 9.67. The van der Waals surface area contributed by atoms with Crippen LogP contribution in [0.2, 0.25) is 0 Å². The number of nitrogens with one attached hydrogen (secondary N) is 1. The van der Waals surface area contributed by atoms with Gasteiger partial charge in [0.25, 0.3) is 0 Å². The van der Waals surface area contributed by atoms with Gasteiger partial charge in [0, 0.05) is 6.07 Å². The standard InChI is InChI=1S/C12H18N2O4/c1-3-17-11-8-9(4-5-10(11)16-2)18-7-6-14-12(13)15/h4-5,8H,3,6-7H2,1-2H3,(H3,13,14,15). The van der Waals surface area contributed by atoms with E-state index in [2.05, 4.69) is 5.32 Å². The molecule has 0 aliphatic rings. The molecule has 0 spiro atoms. The molecule has 0 bridgehead atoms. The first-order valence-corrected chi connectivity index (χ1v) is 5.64. The number of methoxy groups -OCH3 is 1. The van der Waals surface area contributed by atoms with Crippen LogP contribution in [-0.2, 0) is 0 Å². The van der Waals surface area contributed by atoms with E-state index >= 15 is 0 Å². The average Bonchev–Trinajstić information content (AvgIpc) is 2.35. The highest BCUT2D eigenvalue weighted by atomic mass is 16.5. The van der Waals surface area contributed by atoms with Gasteiger partial charge in [-0.05, 0) is 19.1 Å². The van der Waals surface area contributed by atoms with Crippen molar-refractivity contribution < 1.29 is 19.0 Å². The lowest BCUT2D eigenvalue weighted by atomic mass is 10.3. The summed E-state index contributed by atoms with van der Waals surface area (Å²) in [6.07, 6.45) is 0. The van der Waals surface area contributed by atoms with E-state index in [0.717, 1.165) is 0 Å². The van der Waals surface area contributed by atoms with E-state index in [0.29, 0.717) is 37.0 Å². The Kier molecular flexibility index (Phi) is 5.63. The molecule has 1 rings (SSSR count). The SMILES string of the molecule is CCOc1cc(OCCNC(N)=O)ccc1OC. The van der Waals surface area contributed by atoms with Gasteiger partial charge in [-0.25, -0.2) is 4.79 Å². The Morgan fingerprint density at radius 3 is 2.72 bits per heavy atom. The van der Waals surface area contributed by atoms with Gasteiger partial charge in [-0.1, -0.05) is 0 Å². The van der Waals surface area contributed by atoms with Gasteiger partial charge in [-0.2, -0.15) is 0 Å². The fourth-order valence-corrected chi connectivity index (χ4v) is 1.36. The second-order valence-corrected chi connectivity index (χ2v) is 3.39. The lowest BCUT2D eigenvalue weighted by Gasteiger charge is -2.12. The molecule has 6 heteroatoms. The first kappa shape index (κ1) is 14.0. The summed E-state index contributed by atoms with van der Waals surface area (Å²) < 4.78 is 16.0. The van der Waals surface area contributed by atoms with Crippen LogP contribution in [0.5, 0.6) is 17.2 Å². The van der Waals surface area contributed by atoms with E-state index in [-0.39, 0.29) is 0 Å². The lowest BCUT2D eigenvalue weighted by Crippen LogP contribution is -2.32. The number of ether oxygens (including phenoxy) is 3. The molecule has 6 nitrogen and oxygen atoms in total. The Bertz CT molecular complexity index is 396. The summed E-state index contributed by atoms with van der Waals surface area (Å²) in [5, 5.41) is 2.44. The van der Waals surface area contributed by atoms with Gasteiger partial charge in [0.05, 0.1) is 20.3 Å². The molecule has 18 heavy (non-hydrogen) atoms. The van der Waals surface area contributed by atoms with E-state index < -0.39 is 6.03 Å². The van der Waals surface area contributed by atoms with E-state index in [1.54, 1.807) is 25.3 Å². The van der Waals surface area contributed by atoms with E-state index in [9.17, 15) is 4.79 Å². The van der Waals surface area contributed by atoms with Crippen LogP contribution in [0.25, 0.3) is 0 Å². The maximum Gasteiger partial charge on any atom is 0.312 e. The van der Waals surface area contributed by atoms with E-state index in [4.69, 9.17) is 19.9 Å². The predicted octanol–water partition coefficient (Wildman–Crippen LogP) is 1.14. The summed E-state index contributed by atoms with van der Waals surface area (Å²) in [7, 11) is 1.58. The average molecular weight is 254 g/mol. The van der Waals surface area contributed by atoms with Crippen molar-refractivity contribution in [2.24, 2.45) is 5.73 Å². The van der Waals surface area contributed by atoms with Gasteiger partial charge in [0.1, 0.15) is 12.4 Å². The van der Waals surface area contributed by atoms with E-state index in [1.165, 1.54) is 0 Å². The maximum atomic E-state index is 10.5. The number of hydrogen-bond acceptors (Lipinski definition) is 4. The summed E-state index contributed by atoms with van der Waals surface area (Å²) in [5.74, 6) is 1.92. The van der Waals surface area contributed by atoms with Gasteiger partial charge >= 0.3 is 6.03 Å². The van der Waals surface area contributed by atoms with Crippen molar-refractivity contribution in [3.63, 3.8) is 0 Å². The van der Waals surface area contributed by atoms with Crippen LogP contribution in [0.4, 0.5) is 4.79 Å². The molecule has 0 heterocycles. The van der Waals surface area contributed by atoms with Crippen LogP contribution in [0.15, 0.2) is 18.2 Å². The summed E-state index contributed by atoms with van der Waals surface area (Å²) >= 11 is 0. The molecule has 0 atom stereocenters. The molecule has 1 aromatic carbocycles. The number of rotatable bonds is 7. The highest BCUT2D eigenvalue weighted by Gasteiger charge is 2.05. The predicted molar refractivity (Wildman–Crippen MR) is 67.2 cm³/mol. The second-order valence-electron chi connectivity index (χ2n) is 3.39. The molecule has 0 saturated carbocycles. The molecule has 0 aliphatic heterocycles. The van der Waals surface area contributed by atoms with Crippen LogP contribution in [-0.4, -0.2) is 32.9 Å². The Balaban J connectivity index is 2.55.